The van der Waals surface area contributed by atoms with Gasteiger partial charge in [-0.1, -0.05) is 43.6 Å². The van der Waals surface area contributed by atoms with E-state index in [0.29, 0.717) is 5.41 Å². The molecule has 0 heterocycles. The van der Waals surface area contributed by atoms with Crippen LogP contribution in [0.25, 0.3) is 0 Å². The number of rotatable bonds is 4. The van der Waals surface area contributed by atoms with E-state index in [-0.39, 0.29) is 0 Å². The van der Waals surface area contributed by atoms with E-state index in [1.54, 1.807) is 11.1 Å². The van der Waals surface area contributed by atoms with Crippen LogP contribution in [0.15, 0.2) is 23.3 Å². The molecule has 0 spiro atoms. The van der Waals surface area contributed by atoms with E-state index < -0.39 is 0 Å². The Morgan fingerprint density at radius 2 is 2.12 bits per heavy atom. The first-order valence-corrected chi connectivity index (χ1v) is 6.99. The molecule has 0 amide bonds. The van der Waals surface area contributed by atoms with Crippen LogP contribution < -0.4 is 0 Å². The summed E-state index contributed by atoms with van der Waals surface area (Å²) in [6, 6.07) is 0. The van der Waals surface area contributed by atoms with E-state index in [1.807, 2.05) is 0 Å². The maximum Gasteiger partial charge on any atom is -0.00538 e. The standard InChI is InChI=1S/C16H28/c1-5-9-15-10-8-12-16(13-15,11-6-2)14(4)7-3/h7,9H,5-6,8,10-13H2,1-4H3/b14-7+,15-9+. The van der Waals surface area contributed by atoms with Crippen molar-refractivity contribution in [2.24, 2.45) is 5.41 Å². The average molecular weight is 220 g/mol. The molecular formula is C16H28. The normalized spacial score (nSPS) is 29.8. The Hall–Kier alpha value is -0.520. The third-order valence-electron chi connectivity index (χ3n) is 4.21. The van der Waals surface area contributed by atoms with E-state index in [1.165, 1.54) is 44.9 Å². The third kappa shape index (κ3) is 2.99. The van der Waals surface area contributed by atoms with Gasteiger partial charge in [0, 0.05) is 0 Å². The maximum absolute atomic E-state index is 2.46. The van der Waals surface area contributed by atoms with Gasteiger partial charge >= 0.3 is 0 Å². The maximum atomic E-state index is 2.46. The summed E-state index contributed by atoms with van der Waals surface area (Å²) in [5.41, 5.74) is 3.84. The van der Waals surface area contributed by atoms with E-state index in [0.717, 1.165) is 0 Å². The number of hydrogen-bond acceptors (Lipinski definition) is 0. The Labute approximate surface area is 102 Å². The molecule has 1 saturated carbocycles. The van der Waals surface area contributed by atoms with Gasteiger partial charge in [0.2, 0.25) is 0 Å². The smallest absolute Gasteiger partial charge is 0.00538 e. The molecule has 0 aromatic heterocycles. The van der Waals surface area contributed by atoms with Crippen LogP contribution in [0, 0.1) is 5.41 Å². The predicted octanol–water partition coefficient (Wildman–Crippen LogP) is 5.65. The molecule has 0 N–H and O–H groups in total. The van der Waals surface area contributed by atoms with Crippen LogP contribution in [0.5, 0.6) is 0 Å². The summed E-state index contributed by atoms with van der Waals surface area (Å²) in [5.74, 6) is 0. The lowest BCUT2D eigenvalue weighted by Crippen LogP contribution is -2.26. The van der Waals surface area contributed by atoms with Gasteiger partial charge < -0.3 is 0 Å². The predicted molar refractivity (Wildman–Crippen MR) is 73.6 cm³/mol. The van der Waals surface area contributed by atoms with E-state index in [4.69, 9.17) is 0 Å². The zero-order chi connectivity index (χ0) is 12.0. The summed E-state index contributed by atoms with van der Waals surface area (Å²) in [5, 5.41) is 0. The fourth-order valence-corrected chi connectivity index (χ4v) is 3.26. The van der Waals surface area contributed by atoms with Gasteiger partial charge in [0.05, 0.1) is 0 Å². The molecule has 0 aromatic carbocycles. The Balaban J connectivity index is 2.88. The zero-order valence-corrected chi connectivity index (χ0v) is 11.6. The van der Waals surface area contributed by atoms with Gasteiger partial charge in [-0.2, -0.15) is 0 Å². The summed E-state index contributed by atoms with van der Waals surface area (Å²) >= 11 is 0. The number of allylic oxidation sites excluding steroid dienone is 4. The highest BCUT2D eigenvalue weighted by molar-refractivity contribution is 5.20. The molecule has 0 heteroatoms. The van der Waals surface area contributed by atoms with Crippen molar-refractivity contribution in [3.63, 3.8) is 0 Å². The van der Waals surface area contributed by atoms with Crippen molar-refractivity contribution in [3.05, 3.63) is 23.3 Å². The average Bonchev–Trinajstić information content (AvgIpc) is 2.29. The highest BCUT2D eigenvalue weighted by atomic mass is 14.4. The van der Waals surface area contributed by atoms with Crippen molar-refractivity contribution in [1.29, 1.82) is 0 Å². The van der Waals surface area contributed by atoms with Crippen LogP contribution in [-0.2, 0) is 0 Å². The second-order valence-corrected chi connectivity index (χ2v) is 5.30. The van der Waals surface area contributed by atoms with Crippen molar-refractivity contribution in [2.45, 2.75) is 72.6 Å². The van der Waals surface area contributed by atoms with Crippen molar-refractivity contribution < 1.29 is 0 Å². The van der Waals surface area contributed by atoms with Crippen molar-refractivity contribution >= 4 is 0 Å². The monoisotopic (exact) mass is 220 g/mol. The highest BCUT2D eigenvalue weighted by Crippen LogP contribution is 2.47. The SMILES string of the molecule is C/C=C(\C)C1(CCC)CCC/C(=C\CC)C1. The lowest BCUT2D eigenvalue weighted by atomic mass is 9.65. The first kappa shape index (κ1) is 13.5. The summed E-state index contributed by atoms with van der Waals surface area (Å²) in [6.45, 7) is 9.11. The van der Waals surface area contributed by atoms with Crippen molar-refractivity contribution in [1.82, 2.24) is 0 Å². The fourth-order valence-electron chi connectivity index (χ4n) is 3.26. The Morgan fingerprint density at radius 1 is 1.38 bits per heavy atom. The molecule has 0 radical (unpaired) electrons. The van der Waals surface area contributed by atoms with Gasteiger partial charge in [0.25, 0.3) is 0 Å². The summed E-state index contributed by atoms with van der Waals surface area (Å²) in [6.07, 6.45) is 14.1. The summed E-state index contributed by atoms with van der Waals surface area (Å²) in [4.78, 5) is 0. The van der Waals surface area contributed by atoms with Crippen LogP contribution >= 0.6 is 0 Å². The molecule has 92 valence electrons. The first-order valence-electron chi connectivity index (χ1n) is 6.99. The quantitative estimate of drug-likeness (QED) is 0.537. The second-order valence-electron chi connectivity index (χ2n) is 5.30. The first-order chi connectivity index (χ1) is 7.68. The molecule has 1 fully saturated rings. The molecule has 0 aliphatic heterocycles. The fraction of sp³-hybridized carbons (Fsp3) is 0.750. The molecule has 1 aliphatic carbocycles. The van der Waals surface area contributed by atoms with Gasteiger partial charge in [0.15, 0.2) is 0 Å². The molecule has 1 atom stereocenters. The summed E-state index contributed by atoms with van der Waals surface area (Å²) in [7, 11) is 0. The van der Waals surface area contributed by atoms with E-state index in [2.05, 4.69) is 39.8 Å². The van der Waals surface area contributed by atoms with Gasteiger partial charge in [-0.3, -0.25) is 0 Å². The lowest BCUT2D eigenvalue weighted by molar-refractivity contribution is 0.257. The minimum atomic E-state index is 0.503. The second kappa shape index (κ2) is 6.27. The molecular weight excluding hydrogens is 192 g/mol. The molecule has 1 aliphatic rings. The molecule has 0 bridgehead atoms. The van der Waals surface area contributed by atoms with Gasteiger partial charge in [-0.05, 0) is 57.8 Å². The minimum Gasteiger partial charge on any atom is -0.0882 e. The topological polar surface area (TPSA) is 0 Å². The third-order valence-corrected chi connectivity index (χ3v) is 4.21. The molecule has 1 rings (SSSR count). The highest BCUT2D eigenvalue weighted by Gasteiger charge is 2.33. The molecule has 16 heavy (non-hydrogen) atoms. The van der Waals surface area contributed by atoms with Crippen LogP contribution in [-0.4, -0.2) is 0 Å². The van der Waals surface area contributed by atoms with Crippen molar-refractivity contribution in [2.75, 3.05) is 0 Å². The Bertz CT molecular complexity index is 266. The molecule has 0 nitrogen and oxygen atoms in total. The zero-order valence-electron chi connectivity index (χ0n) is 11.6. The molecule has 0 aromatic rings. The largest absolute Gasteiger partial charge is 0.0882 e. The van der Waals surface area contributed by atoms with E-state index >= 15 is 0 Å². The molecule has 0 saturated heterocycles. The minimum absolute atomic E-state index is 0.503. The Morgan fingerprint density at radius 3 is 2.69 bits per heavy atom. The molecule has 1 unspecified atom stereocenters. The van der Waals surface area contributed by atoms with Crippen LogP contribution in [0.2, 0.25) is 0 Å². The number of hydrogen-bond donors (Lipinski definition) is 0. The summed E-state index contributed by atoms with van der Waals surface area (Å²) < 4.78 is 0. The van der Waals surface area contributed by atoms with Crippen LogP contribution in [0.1, 0.15) is 72.6 Å². The van der Waals surface area contributed by atoms with Crippen molar-refractivity contribution in [3.8, 4) is 0 Å². The lowest BCUT2D eigenvalue weighted by Gasteiger charge is -2.40. The van der Waals surface area contributed by atoms with Gasteiger partial charge in [-0.15, -0.1) is 0 Å². The van der Waals surface area contributed by atoms with Gasteiger partial charge in [-0.25, -0.2) is 0 Å². The van der Waals surface area contributed by atoms with E-state index in [9.17, 15) is 0 Å². The van der Waals surface area contributed by atoms with Gasteiger partial charge in [0.1, 0.15) is 0 Å². The Kier molecular flexibility index (Phi) is 5.31. The van der Waals surface area contributed by atoms with Crippen LogP contribution in [0.3, 0.4) is 0 Å². The van der Waals surface area contributed by atoms with Crippen LogP contribution in [0.4, 0.5) is 0 Å².